The normalized spacial score (nSPS) is 11.8. The Morgan fingerprint density at radius 3 is 2.77 bits per heavy atom. The van der Waals surface area contributed by atoms with Crippen molar-refractivity contribution in [3.8, 4) is 11.8 Å². The molecule has 0 amide bonds. The zero-order chi connectivity index (χ0) is 9.68. The SMILES string of the molecule is CCC(C#N)Oc1ccccc1Br. The second kappa shape index (κ2) is 4.88. The molecule has 0 spiro atoms. The molecule has 1 aromatic rings. The molecule has 3 heteroatoms. The Hall–Kier alpha value is -1.01. The molecule has 1 rings (SSSR count). The lowest BCUT2D eigenvalue weighted by Crippen LogP contribution is -2.12. The summed E-state index contributed by atoms with van der Waals surface area (Å²) in [5.41, 5.74) is 0. The third kappa shape index (κ3) is 2.74. The number of rotatable bonds is 3. The van der Waals surface area contributed by atoms with Crippen molar-refractivity contribution >= 4 is 15.9 Å². The number of benzene rings is 1. The summed E-state index contributed by atoms with van der Waals surface area (Å²) in [6, 6.07) is 9.60. The summed E-state index contributed by atoms with van der Waals surface area (Å²) in [6.07, 6.45) is 0.330. The predicted molar refractivity (Wildman–Crippen MR) is 54.5 cm³/mol. The zero-order valence-corrected chi connectivity index (χ0v) is 8.91. The zero-order valence-electron chi connectivity index (χ0n) is 7.33. The average Bonchev–Trinajstić information content (AvgIpc) is 2.17. The van der Waals surface area contributed by atoms with Gasteiger partial charge in [-0.1, -0.05) is 19.1 Å². The van der Waals surface area contributed by atoms with E-state index in [1.54, 1.807) is 0 Å². The van der Waals surface area contributed by atoms with E-state index in [0.29, 0.717) is 6.42 Å². The van der Waals surface area contributed by atoms with Gasteiger partial charge in [-0.3, -0.25) is 0 Å². The first-order chi connectivity index (χ1) is 6.27. The topological polar surface area (TPSA) is 33.0 Å². The first-order valence-electron chi connectivity index (χ1n) is 4.08. The average molecular weight is 240 g/mol. The second-order valence-corrected chi connectivity index (χ2v) is 3.43. The molecule has 0 aromatic heterocycles. The maximum atomic E-state index is 8.69. The van der Waals surface area contributed by atoms with E-state index in [9.17, 15) is 0 Å². The van der Waals surface area contributed by atoms with Gasteiger partial charge in [-0.25, -0.2) is 0 Å². The molecule has 2 nitrogen and oxygen atoms in total. The molecule has 13 heavy (non-hydrogen) atoms. The molecule has 0 heterocycles. The Morgan fingerprint density at radius 1 is 1.54 bits per heavy atom. The molecule has 0 aliphatic rings. The molecule has 0 fully saturated rings. The van der Waals surface area contributed by atoms with Crippen LogP contribution in [0.5, 0.6) is 5.75 Å². The van der Waals surface area contributed by atoms with Crippen LogP contribution in [-0.4, -0.2) is 6.10 Å². The lowest BCUT2D eigenvalue weighted by atomic mass is 10.3. The highest BCUT2D eigenvalue weighted by atomic mass is 79.9. The van der Waals surface area contributed by atoms with Gasteiger partial charge in [-0.2, -0.15) is 5.26 Å². The van der Waals surface area contributed by atoms with E-state index in [0.717, 1.165) is 10.2 Å². The molecular weight excluding hydrogens is 230 g/mol. The third-order valence-electron chi connectivity index (χ3n) is 1.62. The summed E-state index contributed by atoms with van der Waals surface area (Å²) in [5.74, 6) is 0.718. The number of hydrogen-bond acceptors (Lipinski definition) is 2. The van der Waals surface area contributed by atoms with Crippen molar-refractivity contribution in [3.05, 3.63) is 28.7 Å². The molecule has 0 radical (unpaired) electrons. The highest BCUT2D eigenvalue weighted by Crippen LogP contribution is 2.25. The van der Waals surface area contributed by atoms with E-state index in [1.807, 2.05) is 31.2 Å². The van der Waals surface area contributed by atoms with Crippen LogP contribution in [0.4, 0.5) is 0 Å². The number of nitrogens with zero attached hydrogens (tertiary/aromatic N) is 1. The fourth-order valence-corrected chi connectivity index (χ4v) is 1.27. The van der Waals surface area contributed by atoms with Crippen LogP contribution in [0.25, 0.3) is 0 Å². The molecule has 0 aliphatic carbocycles. The van der Waals surface area contributed by atoms with Crippen molar-refractivity contribution in [2.45, 2.75) is 19.4 Å². The summed E-state index contributed by atoms with van der Waals surface area (Å²) < 4.78 is 6.31. The molecular formula is C10H10BrNO. The van der Waals surface area contributed by atoms with Crippen molar-refractivity contribution in [3.63, 3.8) is 0 Å². The van der Waals surface area contributed by atoms with Gasteiger partial charge in [-0.15, -0.1) is 0 Å². The van der Waals surface area contributed by atoms with E-state index in [2.05, 4.69) is 22.0 Å². The molecule has 1 aromatic carbocycles. The molecule has 0 aliphatic heterocycles. The van der Waals surface area contributed by atoms with Gasteiger partial charge in [0, 0.05) is 0 Å². The molecule has 1 unspecified atom stereocenters. The number of hydrogen-bond donors (Lipinski definition) is 0. The van der Waals surface area contributed by atoms with Crippen molar-refractivity contribution in [2.75, 3.05) is 0 Å². The van der Waals surface area contributed by atoms with Crippen LogP contribution in [0.2, 0.25) is 0 Å². The Morgan fingerprint density at radius 2 is 2.23 bits per heavy atom. The fourth-order valence-electron chi connectivity index (χ4n) is 0.895. The minimum Gasteiger partial charge on any atom is -0.474 e. The van der Waals surface area contributed by atoms with Gasteiger partial charge in [0.1, 0.15) is 11.8 Å². The Bertz CT molecular complexity index is 319. The molecule has 0 N–H and O–H groups in total. The maximum absolute atomic E-state index is 8.69. The van der Waals surface area contributed by atoms with Crippen LogP contribution >= 0.6 is 15.9 Å². The van der Waals surface area contributed by atoms with Gasteiger partial charge in [0.25, 0.3) is 0 Å². The number of ether oxygens (including phenoxy) is 1. The first-order valence-corrected chi connectivity index (χ1v) is 4.88. The molecule has 0 bridgehead atoms. The van der Waals surface area contributed by atoms with Gasteiger partial charge < -0.3 is 4.74 Å². The van der Waals surface area contributed by atoms with Crippen LogP contribution in [0.15, 0.2) is 28.7 Å². The highest BCUT2D eigenvalue weighted by Gasteiger charge is 2.07. The predicted octanol–water partition coefficient (Wildman–Crippen LogP) is 3.13. The summed E-state index contributed by atoms with van der Waals surface area (Å²) in [7, 11) is 0. The van der Waals surface area contributed by atoms with E-state index in [-0.39, 0.29) is 6.10 Å². The van der Waals surface area contributed by atoms with Gasteiger partial charge >= 0.3 is 0 Å². The highest BCUT2D eigenvalue weighted by molar-refractivity contribution is 9.10. The summed E-state index contributed by atoms with van der Waals surface area (Å²) in [4.78, 5) is 0. The maximum Gasteiger partial charge on any atom is 0.184 e. The van der Waals surface area contributed by atoms with E-state index in [1.165, 1.54) is 0 Å². The summed E-state index contributed by atoms with van der Waals surface area (Å²) in [6.45, 7) is 1.92. The smallest absolute Gasteiger partial charge is 0.184 e. The lowest BCUT2D eigenvalue weighted by Gasteiger charge is -2.10. The summed E-state index contributed by atoms with van der Waals surface area (Å²) in [5, 5.41) is 8.69. The standard InChI is InChI=1S/C10H10BrNO/c1-2-8(7-12)13-10-6-4-3-5-9(10)11/h3-6,8H,2H2,1H3. The monoisotopic (exact) mass is 239 g/mol. The van der Waals surface area contributed by atoms with Crippen LogP contribution in [-0.2, 0) is 0 Å². The van der Waals surface area contributed by atoms with Crippen molar-refractivity contribution < 1.29 is 4.74 Å². The van der Waals surface area contributed by atoms with Crippen LogP contribution in [0.1, 0.15) is 13.3 Å². The lowest BCUT2D eigenvalue weighted by molar-refractivity contribution is 0.250. The number of halogens is 1. The largest absolute Gasteiger partial charge is 0.474 e. The molecule has 1 atom stereocenters. The van der Waals surface area contributed by atoms with E-state index >= 15 is 0 Å². The molecule has 68 valence electrons. The van der Waals surface area contributed by atoms with Crippen molar-refractivity contribution in [1.82, 2.24) is 0 Å². The minimum atomic E-state index is -0.362. The Kier molecular flexibility index (Phi) is 3.78. The van der Waals surface area contributed by atoms with E-state index in [4.69, 9.17) is 10.00 Å². The Balaban J connectivity index is 2.74. The van der Waals surface area contributed by atoms with E-state index < -0.39 is 0 Å². The number of nitriles is 1. The molecule has 0 saturated carbocycles. The van der Waals surface area contributed by atoms with Gasteiger partial charge in [0.15, 0.2) is 6.10 Å². The van der Waals surface area contributed by atoms with Crippen molar-refractivity contribution in [2.24, 2.45) is 0 Å². The van der Waals surface area contributed by atoms with Crippen LogP contribution in [0, 0.1) is 11.3 Å². The number of para-hydroxylation sites is 1. The Labute approximate surface area is 86.3 Å². The molecule has 0 saturated heterocycles. The minimum absolute atomic E-state index is 0.362. The van der Waals surface area contributed by atoms with Crippen LogP contribution < -0.4 is 4.74 Å². The van der Waals surface area contributed by atoms with Gasteiger partial charge in [0.2, 0.25) is 0 Å². The third-order valence-corrected chi connectivity index (χ3v) is 2.28. The fraction of sp³-hybridized carbons (Fsp3) is 0.300. The van der Waals surface area contributed by atoms with Gasteiger partial charge in [0.05, 0.1) is 4.47 Å². The van der Waals surface area contributed by atoms with Crippen LogP contribution in [0.3, 0.4) is 0 Å². The van der Waals surface area contributed by atoms with Crippen molar-refractivity contribution in [1.29, 1.82) is 5.26 Å². The van der Waals surface area contributed by atoms with Gasteiger partial charge in [-0.05, 0) is 34.5 Å². The quantitative estimate of drug-likeness (QED) is 0.813. The summed E-state index contributed by atoms with van der Waals surface area (Å²) >= 11 is 3.35. The first kappa shape index (κ1) is 10.1. The second-order valence-electron chi connectivity index (χ2n) is 2.57.